The van der Waals surface area contributed by atoms with Crippen molar-refractivity contribution in [3.63, 3.8) is 0 Å². The molecule has 0 aliphatic rings. The molecule has 2 aromatic rings. The van der Waals surface area contributed by atoms with Gasteiger partial charge in [-0.15, -0.1) is 0 Å². The van der Waals surface area contributed by atoms with E-state index in [0.717, 1.165) is 4.68 Å². The van der Waals surface area contributed by atoms with Gasteiger partial charge >= 0.3 is 5.97 Å². The molecule has 2 amide bonds. The molecule has 0 atom stereocenters. The molecule has 0 aliphatic heterocycles. The first-order valence-corrected chi connectivity index (χ1v) is 8.08. The third kappa shape index (κ3) is 4.57. The molecule has 2 N–H and O–H groups in total. The number of rotatable bonds is 5. The van der Waals surface area contributed by atoms with Crippen molar-refractivity contribution in [2.75, 3.05) is 19.0 Å². The summed E-state index contributed by atoms with van der Waals surface area (Å²) in [7, 11) is 2.95. The van der Waals surface area contributed by atoms with E-state index < -0.39 is 24.0 Å². The van der Waals surface area contributed by atoms with Crippen LogP contribution in [-0.4, -0.2) is 41.2 Å². The standard InChI is InChI=1S/C18H20N4O5/c1-10-11(2)21-22(4)17(25)15(10)18(26)27-9-14(23)20-13-7-5-12(6-8-13)16(24)19-3/h5-8H,9H2,1-4H3,(H,19,24)(H,20,23). The molecule has 1 heterocycles. The highest BCUT2D eigenvalue weighted by molar-refractivity contribution is 5.97. The Hall–Kier alpha value is -3.49. The molecular weight excluding hydrogens is 352 g/mol. The Morgan fingerprint density at radius 1 is 1.15 bits per heavy atom. The molecule has 9 heteroatoms. The van der Waals surface area contributed by atoms with E-state index in [-0.39, 0.29) is 11.5 Å². The molecule has 27 heavy (non-hydrogen) atoms. The number of hydrogen-bond donors (Lipinski definition) is 2. The summed E-state index contributed by atoms with van der Waals surface area (Å²) in [6, 6.07) is 6.20. The number of anilines is 1. The number of nitrogens with zero attached hydrogens (tertiary/aromatic N) is 2. The molecule has 2 rings (SSSR count). The Morgan fingerprint density at radius 2 is 1.78 bits per heavy atom. The van der Waals surface area contributed by atoms with Crippen molar-refractivity contribution in [3.05, 3.63) is 57.0 Å². The number of esters is 1. The molecule has 0 unspecified atom stereocenters. The van der Waals surface area contributed by atoms with E-state index >= 15 is 0 Å². The summed E-state index contributed by atoms with van der Waals surface area (Å²) in [6.45, 7) is 2.70. The molecule has 0 saturated heterocycles. The molecule has 0 bridgehead atoms. The SMILES string of the molecule is CNC(=O)c1ccc(NC(=O)COC(=O)c2c(C)c(C)nn(C)c2=O)cc1. The second-order valence-electron chi connectivity index (χ2n) is 5.79. The average molecular weight is 372 g/mol. The fraction of sp³-hybridized carbons (Fsp3) is 0.278. The predicted octanol–water partition coefficient (Wildman–Crippen LogP) is 0.552. The van der Waals surface area contributed by atoms with E-state index in [1.165, 1.54) is 14.1 Å². The summed E-state index contributed by atoms with van der Waals surface area (Å²) in [6.07, 6.45) is 0. The number of benzene rings is 1. The van der Waals surface area contributed by atoms with Gasteiger partial charge in [-0.25, -0.2) is 9.48 Å². The molecule has 142 valence electrons. The van der Waals surface area contributed by atoms with E-state index in [0.29, 0.717) is 22.5 Å². The number of ether oxygens (including phenoxy) is 1. The molecule has 0 aliphatic carbocycles. The second kappa shape index (κ2) is 8.26. The van der Waals surface area contributed by atoms with Crippen LogP contribution in [0.2, 0.25) is 0 Å². The van der Waals surface area contributed by atoms with Crippen LogP contribution in [0.3, 0.4) is 0 Å². The van der Waals surface area contributed by atoms with Crippen LogP contribution >= 0.6 is 0 Å². The topological polar surface area (TPSA) is 119 Å². The largest absolute Gasteiger partial charge is 0.452 e. The van der Waals surface area contributed by atoms with Gasteiger partial charge in [0.05, 0.1) is 5.69 Å². The Labute approximate surface area is 155 Å². The van der Waals surface area contributed by atoms with Gasteiger partial charge in [-0.1, -0.05) is 0 Å². The van der Waals surface area contributed by atoms with E-state index in [4.69, 9.17) is 4.74 Å². The van der Waals surface area contributed by atoms with Gasteiger partial charge in [0.25, 0.3) is 17.4 Å². The zero-order valence-electron chi connectivity index (χ0n) is 15.5. The summed E-state index contributed by atoms with van der Waals surface area (Å²) in [5, 5.41) is 9.01. The second-order valence-corrected chi connectivity index (χ2v) is 5.79. The lowest BCUT2D eigenvalue weighted by Crippen LogP contribution is -2.31. The normalized spacial score (nSPS) is 10.2. The van der Waals surface area contributed by atoms with Gasteiger partial charge in [-0.2, -0.15) is 5.10 Å². The van der Waals surface area contributed by atoms with Gasteiger partial charge in [0.2, 0.25) is 0 Å². The van der Waals surface area contributed by atoms with Crippen LogP contribution in [0.4, 0.5) is 5.69 Å². The maximum absolute atomic E-state index is 12.2. The number of aromatic nitrogens is 2. The van der Waals surface area contributed by atoms with Crippen molar-refractivity contribution in [3.8, 4) is 0 Å². The van der Waals surface area contributed by atoms with Crippen molar-refractivity contribution in [1.29, 1.82) is 0 Å². The first kappa shape index (κ1) is 19.8. The molecule has 0 spiro atoms. The summed E-state index contributed by atoms with van der Waals surface area (Å²) in [5.41, 5.74) is 1.08. The fourth-order valence-electron chi connectivity index (χ4n) is 2.34. The lowest BCUT2D eigenvalue weighted by atomic mass is 10.1. The van der Waals surface area contributed by atoms with Crippen molar-refractivity contribution in [2.24, 2.45) is 7.05 Å². The molecule has 0 saturated carbocycles. The Kier molecular flexibility index (Phi) is 6.07. The van der Waals surface area contributed by atoms with E-state index in [9.17, 15) is 19.2 Å². The first-order valence-electron chi connectivity index (χ1n) is 8.08. The maximum atomic E-state index is 12.2. The molecule has 1 aromatic carbocycles. The van der Waals surface area contributed by atoms with Gasteiger partial charge in [0.15, 0.2) is 6.61 Å². The van der Waals surface area contributed by atoms with Crippen LogP contribution < -0.4 is 16.2 Å². The average Bonchev–Trinajstić information content (AvgIpc) is 2.65. The molecule has 1 aromatic heterocycles. The Balaban J connectivity index is 2.01. The highest BCUT2D eigenvalue weighted by atomic mass is 16.5. The third-order valence-corrected chi connectivity index (χ3v) is 3.92. The van der Waals surface area contributed by atoms with Gasteiger partial charge in [-0.3, -0.25) is 14.4 Å². The monoisotopic (exact) mass is 372 g/mol. The van der Waals surface area contributed by atoms with E-state index in [1.54, 1.807) is 38.1 Å². The van der Waals surface area contributed by atoms with Crippen molar-refractivity contribution < 1.29 is 19.1 Å². The predicted molar refractivity (Wildman–Crippen MR) is 97.7 cm³/mol. The van der Waals surface area contributed by atoms with Crippen LogP contribution in [-0.2, 0) is 16.6 Å². The van der Waals surface area contributed by atoms with Crippen LogP contribution in [0.25, 0.3) is 0 Å². The zero-order chi connectivity index (χ0) is 20.1. The van der Waals surface area contributed by atoms with Gasteiger partial charge in [0, 0.05) is 25.3 Å². The van der Waals surface area contributed by atoms with E-state index in [1.807, 2.05) is 0 Å². The summed E-state index contributed by atoms with van der Waals surface area (Å²) >= 11 is 0. The van der Waals surface area contributed by atoms with Crippen molar-refractivity contribution >= 4 is 23.5 Å². The van der Waals surface area contributed by atoms with Crippen LogP contribution in [0.1, 0.15) is 32.0 Å². The van der Waals surface area contributed by atoms with Crippen LogP contribution in [0.5, 0.6) is 0 Å². The number of aryl methyl sites for hydroxylation is 2. The van der Waals surface area contributed by atoms with Crippen LogP contribution in [0.15, 0.2) is 29.1 Å². The minimum Gasteiger partial charge on any atom is -0.452 e. The smallest absolute Gasteiger partial charge is 0.344 e. The van der Waals surface area contributed by atoms with Gasteiger partial charge in [0.1, 0.15) is 5.56 Å². The number of amides is 2. The zero-order valence-corrected chi connectivity index (χ0v) is 15.5. The third-order valence-electron chi connectivity index (χ3n) is 3.92. The summed E-state index contributed by atoms with van der Waals surface area (Å²) in [5.74, 6) is -1.70. The Morgan fingerprint density at radius 3 is 2.37 bits per heavy atom. The highest BCUT2D eigenvalue weighted by Gasteiger charge is 2.20. The number of carbonyl (C=O) groups is 3. The number of hydrogen-bond acceptors (Lipinski definition) is 6. The highest BCUT2D eigenvalue weighted by Crippen LogP contribution is 2.10. The summed E-state index contributed by atoms with van der Waals surface area (Å²) < 4.78 is 6.01. The van der Waals surface area contributed by atoms with E-state index in [2.05, 4.69) is 15.7 Å². The lowest BCUT2D eigenvalue weighted by molar-refractivity contribution is -0.119. The van der Waals surface area contributed by atoms with Crippen molar-refractivity contribution in [2.45, 2.75) is 13.8 Å². The van der Waals surface area contributed by atoms with Gasteiger partial charge in [-0.05, 0) is 43.7 Å². The maximum Gasteiger partial charge on any atom is 0.344 e. The minimum absolute atomic E-state index is 0.146. The van der Waals surface area contributed by atoms with Gasteiger partial charge < -0.3 is 15.4 Å². The Bertz CT molecular complexity index is 947. The molecular formula is C18H20N4O5. The summed E-state index contributed by atoms with van der Waals surface area (Å²) in [4.78, 5) is 47.7. The lowest BCUT2D eigenvalue weighted by Gasteiger charge is -2.10. The first-order chi connectivity index (χ1) is 12.7. The molecule has 0 radical (unpaired) electrons. The number of nitrogens with one attached hydrogen (secondary N) is 2. The quantitative estimate of drug-likeness (QED) is 0.740. The van der Waals surface area contributed by atoms with Crippen molar-refractivity contribution in [1.82, 2.24) is 15.1 Å². The number of carbonyl (C=O) groups excluding carboxylic acids is 3. The minimum atomic E-state index is -0.885. The van der Waals surface area contributed by atoms with Crippen LogP contribution in [0, 0.1) is 13.8 Å². The fourth-order valence-corrected chi connectivity index (χ4v) is 2.34. The molecule has 9 nitrogen and oxygen atoms in total. The molecule has 0 fully saturated rings.